The molecule has 0 aromatic heterocycles. The minimum Gasteiger partial charge on any atom is -0.490 e. The normalized spacial score (nSPS) is 10.3. The van der Waals surface area contributed by atoms with Crippen molar-refractivity contribution in [2.24, 2.45) is 0 Å². The maximum atomic E-state index is 12.6. The molecule has 5 nitrogen and oxygen atoms in total. The van der Waals surface area contributed by atoms with Crippen LogP contribution in [0.1, 0.15) is 12.5 Å². The molecular weight excluding hydrogens is 328 g/mol. The Morgan fingerprint density at radius 3 is 2.62 bits per heavy atom. The highest BCUT2D eigenvalue weighted by Gasteiger charge is 2.17. The van der Waals surface area contributed by atoms with Crippen LogP contribution in [0.15, 0.2) is 48.5 Å². The number of anilines is 1. The smallest absolute Gasteiger partial charge is 0.322 e. The third kappa shape index (κ3) is 4.88. The number of aliphatic hydroxyl groups is 1. The zero-order valence-electron chi connectivity index (χ0n) is 13.5. The summed E-state index contributed by atoms with van der Waals surface area (Å²) < 4.78 is 5.51. The van der Waals surface area contributed by atoms with E-state index in [-0.39, 0.29) is 19.2 Å². The molecule has 0 aliphatic carbocycles. The second-order valence-electron chi connectivity index (χ2n) is 5.11. The first-order valence-electron chi connectivity index (χ1n) is 7.77. The first-order chi connectivity index (χ1) is 11.7. The van der Waals surface area contributed by atoms with Crippen molar-refractivity contribution in [2.45, 2.75) is 13.5 Å². The molecule has 128 valence electrons. The number of nitrogens with zero attached hydrogens (tertiary/aromatic N) is 1. The van der Waals surface area contributed by atoms with Gasteiger partial charge >= 0.3 is 6.03 Å². The maximum Gasteiger partial charge on any atom is 0.322 e. The Hall–Kier alpha value is -2.24. The van der Waals surface area contributed by atoms with Gasteiger partial charge in [-0.05, 0) is 24.6 Å². The fourth-order valence-electron chi connectivity index (χ4n) is 2.27. The fourth-order valence-corrected chi connectivity index (χ4v) is 2.50. The second-order valence-corrected chi connectivity index (χ2v) is 5.52. The van der Waals surface area contributed by atoms with Crippen LogP contribution in [0.4, 0.5) is 10.5 Å². The van der Waals surface area contributed by atoms with Gasteiger partial charge in [-0.1, -0.05) is 48.0 Å². The number of halogens is 1. The van der Waals surface area contributed by atoms with Crippen molar-refractivity contribution < 1.29 is 14.6 Å². The molecule has 0 fully saturated rings. The van der Waals surface area contributed by atoms with Gasteiger partial charge in [0.15, 0.2) is 5.75 Å². The molecule has 0 bridgehead atoms. The molecule has 0 aliphatic rings. The summed E-state index contributed by atoms with van der Waals surface area (Å²) in [6, 6.07) is 14.5. The Labute approximate surface area is 146 Å². The van der Waals surface area contributed by atoms with Gasteiger partial charge in [-0.15, -0.1) is 0 Å². The monoisotopic (exact) mass is 348 g/mol. The number of ether oxygens (including phenoxy) is 1. The van der Waals surface area contributed by atoms with E-state index in [0.29, 0.717) is 29.6 Å². The SMILES string of the molecule is CCOc1c(Cl)cccc1NC(=O)N(CCO)Cc1ccccc1. The van der Waals surface area contributed by atoms with Gasteiger partial charge in [0.2, 0.25) is 0 Å². The van der Waals surface area contributed by atoms with Crippen molar-refractivity contribution >= 4 is 23.3 Å². The second kappa shape index (κ2) is 9.15. The number of urea groups is 1. The van der Waals surface area contributed by atoms with Crippen molar-refractivity contribution in [1.29, 1.82) is 0 Å². The predicted molar refractivity (Wildman–Crippen MR) is 95.6 cm³/mol. The Morgan fingerprint density at radius 1 is 1.21 bits per heavy atom. The molecule has 24 heavy (non-hydrogen) atoms. The number of carbonyl (C=O) groups is 1. The maximum absolute atomic E-state index is 12.6. The van der Waals surface area contributed by atoms with Crippen molar-refractivity contribution in [2.75, 3.05) is 25.1 Å². The van der Waals surface area contributed by atoms with Crippen molar-refractivity contribution in [3.8, 4) is 5.75 Å². The van der Waals surface area contributed by atoms with Gasteiger partial charge in [-0.3, -0.25) is 0 Å². The summed E-state index contributed by atoms with van der Waals surface area (Å²) in [4.78, 5) is 14.1. The Balaban J connectivity index is 2.15. The molecular formula is C18H21ClN2O3. The molecule has 0 spiro atoms. The summed E-state index contributed by atoms with van der Waals surface area (Å²) in [6.45, 7) is 2.80. The Kier molecular flexibility index (Phi) is 6.90. The summed E-state index contributed by atoms with van der Waals surface area (Å²) in [5.41, 5.74) is 1.49. The number of carbonyl (C=O) groups excluding carboxylic acids is 1. The lowest BCUT2D eigenvalue weighted by Crippen LogP contribution is -2.36. The topological polar surface area (TPSA) is 61.8 Å². The highest BCUT2D eigenvalue weighted by atomic mass is 35.5. The lowest BCUT2D eigenvalue weighted by molar-refractivity contribution is 0.185. The van der Waals surface area contributed by atoms with E-state index < -0.39 is 0 Å². The number of hydrogen-bond acceptors (Lipinski definition) is 3. The van der Waals surface area contributed by atoms with Crippen molar-refractivity contribution in [3.05, 3.63) is 59.1 Å². The Morgan fingerprint density at radius 2 is 1.96 bits per heavy atom. The average Bonchev–Trinajstić information content (AvgIpc) is 2.58. The Bertz CT molecular complexity index is 665. The third-order valence-corrected chi connectivity index (χ3v) is 3.67. The van der Waals surface area contributed by atoms with Crippen LogP contribution in [-0.4, -0.2) is 35.8 Å². The minimum atomic E-state index is -0.323. The summed E-state index contributed by atoms with van der Waals surface area (Å²) >= 11 is 6.13. The van der Waals surface area contributed by atoms with Crippen LogP contribution in [0.2, 0.25) is 5.02 Å². The van der Waals surface area contributed by atoms with Crippen LogP contribution in [0.5, 0.6) is 5.75 Å². The van der Waals surface area contributed by atoms with E-state index in [4.69, 9.17) is 16.3 Å². The number of amides is 2. The van der Waals surface area contributed by atoms with Crippen LogP contribution in [0.25, 0.3) is 0 Å². The molecule has 2 N–H and O–H groups in total. The lowest BCUT2D eigenvalue weighted by atomic mass is 10.2. The van der Waals surface area contributed by atoms with Gasteiger partial charge < -0.3 is 20.1 Å². The average molecular weight is 349 g/mol. The zero-order chi connectivity index (χ0) is 17.4. The van der Waals surface area contributed by atoms with E-state index in [0.717, 1.165) is 5.56 Å². The van der Waals surface area contributed by atoms with Gasteiger partial charge in [0.05, 0.1) is 23.9 Å². The molecule has 2 amide bonds. The van der Waals surface area contributed by atoms with Crippen LogP contribution >= 0.6 is 11.6 Å². The summed E-state index contributed by atoms with van der Waals surface area (Å²) in [7, 11) is 0. The van der Waals surface area contributed by atoms with Crippen LogP contribution in [-0.2, 0) is 6.54 Å². The molecule has 0 aliphatic heterocycles. The van der Waals surface area contributed by atoms with E-state index in [1.165, 1.54) is 4.90 Å². The molecule has 0 unspecified atom stereocenters. The zero-order valence-corrected chi connectivity index (χ0v) is 14.3. The molecule has 2 aromatic rings. The van der Waals surface area contributed by atoms with E-state index in [1.54, 1.807) is 18.2 Å². The lowest BCUT2D eigenvalue weighted by Gasteiger charge is -2.23. The fraction of sp³-hybridized carbons (Fsp3) is 0.278. The third-order valence-electron chi connectivity index (χ3n) is 3.37. The van der Waals surface area contributed by atoms with Gasteiger partial charge in [0, 0.05) is 13.1 Å². The molecule has 0 saturated heterocycles. The molecule has 2 rings (SSSR count). The van der Waals surface area contributed by atoms with Gasteiger partial charge in [-0.25, -0.2) is 4.79 Å². The molecule has 2 aromatic carbocycles. The van der Waals surface area contributed by atoms with Crippen molar-refractivity contribution in [3.63, 3.8) is 0 Å². The number of hydrogen-bond donors (Lipinski definition) is 2. The summed E-state index contributed by atoms with van der Waals surface area (Å²) in [5, 5.41) is 12.5. The standard InChI is InChI=1S/C18H21ClN2O3/c1-2-24-17-15(19)9-6-10-16(17)20-18(23)21(11-12-22)13-14-7-4-3-5-8-14/h3-10,22H,2,11-13H2,1H3,(H,20,23). The largest absolute Gasteiger partial charge is 0.490 e. The number of aliphatic hydroxyl groups excluding tert-OH is 1. The highest BCUT2D eigenvalue weighted by molar-refractivity contribution is 6.32. The van der Waals surface area contributed by atoms with Crippen LogP contribution < -0.4 is 10.1 Å². The highest BCUT2D eigenvalue weighted by Crippen LogP contribution is 2.33. The first kappa shape index (κ1) is 18.1. The van der Waals surface area contributed by atoms with Gasteiger partial charge in [0.1, 0.15) is 0 Å². The summed E-state index contributed by atoms with van der Waals surface area (Å²) in [5.74, 6) is 0.443. The number of nitrogens with one attached hydrogen (secondary N) is 1. The number of para-hydroxylation sites is 1. The number of rotatable bonds is 7. The van der Waals surface area contributed by atoms with Crippen molar-refractivity contribution in [1.82, 2.24) is 4.90 Å². The minimum absolute atomic E-state index is 0.117. The molecule has 0 heterocycles. The first-order valence-corrected chi connectivity index (χ1v) is 8.15. The van der Waals surface area contributed by atoms with Crippen LogP contribution in [0, 0.1) is 0 Å². The molecule has 0 radical (unpaired) electrons. The van der Waals surface area contributed by atoms with E-state index in [2.05, 4.69) is 5.32 Å². The summed E-state index contributed by atoms with van der Waals surface area (Å²) in [6.07, 6.45) is 0. The van der Waals surface area contributed by atoms with E-state index in [1.807, 2.05) is 37.3 Å². The van der Waals surface area contributed by atoms with Gasteiger partial charge in [-0.2, -0.15) is 0 Å². The predicted octanol–water partition coefficient (Wildman–Crippen LogP) is 3.77. The van der Waals surface area contributed by atoms with E-state index >= 15 is 0 Å². The molecule has 0 atom stereocenters. The molecule has 6 heteroatoms. The van der Waals surface area contributed by atoms with E-state index in [9.17, 15) is 9.90 Å². The molecule has 0 saturated carbocycles. The number of benzene rings is 2. The van der Waals surface area contributed by atoms with Crippen LogP contribution in [0.3, 0.4) is 0 Å². The quantitative estimate of drug-likeness (QED) is 0.800. The van der Waals surface area contributed by atoms with Gasteiger partial charge in [0.25, 0.3) is 0 Å².